The van der Waals surface area contributed by atoms with Crippen LogP contribution in [-0.4, -0.2) is 29.4 Å². The molecule has 0 aliphatic heterocycles. The molecule has 0 radical (unpaired) electrons. The van der Waals surface area contributed by atoms with Crippen molar-refractivity contribution in [3.05, 3.63) is 23.7 Å². The van der Waals surface area contributed by atoms with Crippen molar-refractivity contribution in [2.24, 2.45) is 5.92 Å². The number of amides is 1. The predicted molar refractivity (Wildman–Crippen MR) is 89.0 cm³/mol. The number of hydrogen-bond donors (Lipinski definition) is 3. The second-order valence-corrected chi connectivity index (χ2v) is 7.12. The number of ether oxygens (including phenoxy) is 1. The van der Waals surface area contributed by atoms with E-state index in [-0.39, 0.29) is 12.6 Å². The number of aliphatic hydroxyl groups is 1. The number of alkyl carbamates (subject to hydrolysis) is 1. The van der Waals surface area contributed by atoms with E-state index in [1.807, 2.05) is 26.8 Å². The van der Waals surface area contributed by atoms with Crippen LogP contribution in [0, 0.1) is 5.92 Å². The summed E-state index contributed by atoms with van der Waals surface area (Å²) in [4.78, 5) is 11.8. The number of nitrogens with one attached hydrogen (secondary N) is 2. The lowest BCUT2D eigenvalue weighted by Crippen LogP contribution is -2.43. The number of furan rings is 1. The van der Waals surface area contributed by atoms with Crippen molar-refractivity contribution in [2.45, 2.75) is 65.8 Å². The minimum atomic E-state index is -0.500. The van der Waals surface area contributed by atoms with Gasteiger partial charge >= 0.3 is 6.09 Å². The van der Waals surface area contributed by atoms with Gasteiger partial charge in [-0.15, -0.1) is 0 Å². The molecule has 1 unspecified atom stereocenters. The van der Waals surface area contributed by atoms with Crippen LogP contribution in [0.25, 0.3) is 0 Å². The first-order chi connectivity index (χ1) is 10.7. The molecule has 1 aromatic rings. The third-order valence-corrected chi connectivity index (χ3v) is 3.09. The summed E-state index contributed by atoms with van der Waals surface area (Å²) in [5.74, 6) is 1.81. The highest BCUT2D eigenvalue weighted by atomic mass is 16.6. The van der Waals surface area contributed by atoms with E-state index in [4.69, 9.17) is 14.3 Å². The lowest BCUT2D eigenvalue weighted by molar-refractivity contribution is 0.0520. The summed E-state index contributed by atoms with van der Waals surface area (Å²) in [5.41, 5.74) is -0.500. The van der Waals surface area contributed by atoms with Crippen molar-refractivity contribution in [3.8, 4) is 0 Å². The minimum absolute atomic E-state index is 0.102. The molecule has 0 saturated carbocycles. The molecule has 1 rings (SSSR count). The summed E-state index contributed by atoms with van der Waals surface area (Å²) in [6.45, 7) is 10.7. The Morgan fingerprint density at radius 2 is 1.96 bits per heavy atom. The first-order valence-electron chi connectivity index (χ1n) is 8.08. The van der Waals surface area contributed by atoms with Crippen LogP contribution in [-0.2, 0) is 17.9 Å². The molecule has 1 amide bonds. The minimum Gasteiger partial charge on any atom is -0.462 e. The molecule has 1 aromatic heterocycles. The summed E-state index contributed by atoms with van der Waals surface area (Å²) in [6.07, 6.45) is 0.511. The first-order valence-corrected chi connectivity index (χ1v) is 8.08. The van der Waals surface area contributed by atoms with E-state index in [9.17, 15) is 4.79 Å². The van der Waals surface area contributed by atoms with Gasteiger partial charge in [0.1, 0.15) is 23.7 Å². The third-order valence-electron chi connectivity index (χ3n) is 3.09. The smallest absolute Gasteiger partial charge is 0.407 e. The van der Waals surface area contributed by atoms with Gasteiger partial charge in [0.15, 0.2) is 0 Å². The van der Waals surface area contributed by atoms with Gasteiger partial charge in [-0.05, 0) is 45.2 Å². The van der Waals surface area contributed by atoms with E-state index >= 15 is 0 Å². The lowest BCUT2D eigenvalue weighted by Gasteiger charge is -2.23. The summed E-state index contributed by atoms with van der Waals surface area (Å²) < 4.78 is 10.7. The van der Waals surface area contributed by atoms with E-state index in [1.165, 1.54) is 0 Å². The van der Waals surface area contributed by atoms with Crippen LogP contribution >= 0.6 is 0 Å². The van der Waals surface area contributed by atoms with Gasteiger partial charge in [-0.3, -0.25) is 0 Å². The van der Waals surface area contributed by atoms with Crippen molar-refractivity contribution in [1.29, 1.82) is 0 Å². The van der Waals surface area contributed by atoms with Crippen LogP contribution in [0.4, 0.5) is 4.79 Å². The molecular weight excluding hydrogens is 296 g/mol. The van der Waals surface area contributed by atoms with Gasteiger partial charge in [0.2, 0.25) is 0 Å². The highest BCUT2D eigenvalue weighted by molar-refractivity contribution is 5.67. The maximum absolute atomic E-state index is 11.8. The maximum atomic E-state index is 11.8. The molecule has 0 bridgehead atoms. The van der Waals surface area contributed by atoms with Gasteiger partial charge in [-0.25, -0.2) is 4.79 Å². The number of aliphatic hydroxyl groups excluding tert-OH is 1. The molecule has 132 valence electrons. The zero-order valence-electron chi connectivity index (χ0n) is 14.8. The van der Waals surface area contributed by atoms with Crippen LogP contribution in [0.2, 0.25) is 0 Å². The fraction of sp³-hybridized carbons (Fsp3) is 0.706. The number of rotatable bonds is 8. The highest BCUT2D eigenvalue weighted by Gasteiger charge is 2.18. The Labute approximate surface area is 138 Å². The zero-order valence-corrected chi connectivity index (χ0v) is 14.8. The number of carbonyl (C=O) groups is 1. The van der Waals surface area contributed by atoms with Crippen molar-refractivity contribution < 1.29 is 19.1 Å². The van der Waals surface area contributed by atoms with Crippen LogP contribution in [0.5, 0.6) is 0 Å². The molecule has 6 nitrogen and oxygen atoms in total. The molecule has 0 fully saturated rings. The SMILES string of the molecule is CC(C)CC(CNC(=O)OC(C)(C)C)NCc1ccc(CO)o1. The molecule has 0 aliphatic rings. The molecule has 1 atom stereocenters. The molecule has 6 heteroatoms. The van der Waals surface area contributed by atoms with Crippen molar-refractivity contribution in [1.82, 2.24) is 10.6 Å². The molecule has 0 aromatic carbocycles. The monoisotopic (exact) mass is 326 g/mol. The molecule has 0 spiro atoms. The predicted octanol–water partition coefficient (Wildman–Crippen LogP) is 2.80. The van der Waals surface area contributed by atoms with Crippen LogP contribution in [0.1, 0.15) is 52.6 Å². The first kappa shape index (κ1) is 19.5. The molecule has 0 saturated heterocycles. The fourth-order valence-corrected chi connectivity index (χ4v) is 2.18. The average molecular weight is 326 g/mol. The van der Waals surface area contributed by atoms with Crippen molar-refractivity contribution in [2.75, 3.05) is 6.54 Å². The summed E-state index contributed by atoms with van der Waals surface area (Å²) in [5, 5.41) is 15.2. The van der Waals surface area contributed by atoms with Gasteiger partial charge in [0.25, 0.3) is 0 Å². The van der Waals surface area contributed by atoms with Gasteiger partial charge in [-0.1, -0.05) is 13.8 Å². The molecule has 3 N–H and O–H groups in total. The second kappa shape index (κ2) is 8.93. The van der Waals surface area contributed by atoms with Gasteiger partial charge in [-0.2, -0.15) is 0 Å². The Kier molecular flexibility index (Phi) is 7.58. The average Bonchev–Trinajstić information content (AvgIpc) is 2.87. The maximum Gasteiger partial charge on any atom is 0.407 e. The van der Waals surface area contributed by atoms with Crippen LogP contribution in [0.3, 0.4) is 0 Å². The topological polar surface area (TPSA) is 83.7 Å². The van der Waals surface area contributed by atoms with Crippen LogP contribution < -0.4 is 10.6 Å². The Morgan fingerprint density at radius 3 is 2.48 bits per heavy atom. The van der Waals surface area contributed by atoms with Crippen LogP contribution in [0.15, 0.2) is 16.5 Å². The molecule has 0 aliphatic carbocycles. The summed E-state index contributed by atoms with van der Waals surface area (Å²) in [7, 11) is 0. The van der Waals surface area contributed by atoms with E-state index in [0.29, 0.717) is 24.8 Å². The van der Waals surface area contributed by atoms with E-state index in [1.54, 1.807) is 6.07 Å². The van der Waals surface area contributed by atoms with E-state index in [0.717, 1.165) is 12.2 Å². The highest BCUT2D eigenvalue weighted by Crippen LogP contribution is 2.10. The normalized spacial score (nSPS) is 13.2. The standard InChI is InChI=1S/C17H30N2O4/c1-12(2)8-13(9-19-16(21)23-17(3,4)5)18-10-14-6-7-15(11-20)22-14/h6-7,12-13,18,20H,8-11H2,1-5H3,(H,19,21). The number of hydrogen-bond acceptors (Lipinski definition) is 5. The summed E-state index contributed by atoms with van der Waals surface area (Å²) in [6, 6.07) is 3.71. The van der Waals surface area contributed by atoms with Gasteiger partial charge in [0.05, 0.1) is 6.54 Å². The molecular formula is C17H30N2O4. The van der Waals surface area contributed by atoms with Crippen molar-refractivity contribution >= 4 is 6.09 Å². The fourth-order valence-electron chi connectivity index (χ4n) is 2.18. The van der Waals surface area contributed by atoms with E-state index in [2.05, 4.69) is 24.5 Å². The zero-order chi connectivity index (χ0) is 17.5. The van der Waals surface area contributed by atoms with Crippen molar-refractivity contribution in [3.63, 3.8) is 0 Å². The largest absolute Gasteiger partial charge is 0.462 e. The summed E-state index contributed by atoms with van der Waals surface area (Å²) >= 11 is 0. The lowest BCUT2D eigenvalue weighted by atomic mass is 10.0. The Balaban J connectivity index is 2.47. The quantitative estimate of drug-likeness (QED) is 0.684. The Hall–Kier alpha value is -1.53. The molecule has 23 heavy (non-hydrogen) atoms. The third kappa shape index (κ3) is 8.62. The molecule has 1 heterocycles. The van der Waals surface area contributed by atoms with E-state index < -0.39 is 11.7 Å². The second-order valence-electron chi connectivity index (χ2n) is 7.12. The Morgan fingerprint density at radius 1 is 1.30 bits per heavy atom. The number of carbonyl (C=O) groups excluding carboxylic acids is 1. The van der Waals surface area contributed by atoms with Gasteiger partial charge < -0.3 is 24.9 Å². The Bertz CT molecular complexity index is 477. The van der Waals surface area contributed by atoms with Gasteiger partial charge in [0, 0.05) is 12.6 Å².